The Morgan fingerprint density at radius 2 is 2.27 bits per heavy atom. The molecule has 1 rings (SSSR count). The molecule has 0 aliphatic rings. The van der Waals surface area contributed by atoms with Crippen LogP contribution in [0.4, 0.5) is 5.69 Å². The van der Waals surface area contributed by atoms with Crippen molar-refractivity contribution in [2.45, 2.75) is 13.0 Å². The highest BCUT2D eigenvalue weighted by atomic mass is 16.2. The minimum absolute atomic E-state index is 0.0342. The van der Waals surface area contributed by atoms with Gasteiger partial charge < -0.3 is 16.8 Å². The number of carbonyl (C=O) groups excluding carboxylic acids is 2. The molecule has 0 atom stereocenters. The van der Waals surface area contributed by atoms with Gasteiger partial charge in [0.15, 0.2) is 5.69 Å². The van der Waals surface area contributed by atoms with Gasteiger partial charge in [0.2, 0.25) is 5.91 Å². The standard InChI is InChI=1S/C8H13N5O2/c1-11-6(14)2-3-13-4-5(9)7(12-13)8(10)15/h4H,2-3,9H2,1H3,(H2,10,15)(H,11,14). The number of amides is 2. The van der Waals surface area contributed by atoms with Crippen LogP contribution in [0.5, 0.6) is 0 Å². The van der Waals surface area contributed by atoms with Crippen molar-refractivity contribution >= 4 is 17.5 Å². The Balaban J connectivity index is 2.67. The average molecular weight is 211 g/mol. The van der Waals surface area contributed by atoms with Crippen LogP contribution < -0.4 is 16.8 Å². The predicted molar refractivity (Wildman–Crippen MR) is 53.8 cm³/mol. The second-order valence-corrected chi connectivity index (χ2v) is 2.98. The molecule has 1 heterocycles. The molecule has 0 aliphatic heterocycles. The van der Waals surface area contributed by atoms with Gasteiger partial charge in [-0.3, -0.25) is 14.3 Å². The maximum absolute atomic E-state index is 10.9. The summed E-state index contributed by atoms with van der Waals surface area (Å²) in [7, 11) is 1.55. The van der Waals surface area contributed by atoms with Crippen molar-refractivity contribution < 1.29 is 9.59 Å². The number of nitrogens with one attached hydrogen (secondary N) is 1. The quantitative estimate of drug-likeness (QED) is 0.574. The van der Waals surface area contributed by atoms with Gasteiger partial charge in [-0.2, -0.15) is 5.10 Å². The summed E-state index contributed by atoms with van der Waals surface area (Å²) in [5.74, 6) is -0.782. The van der Waals surface area contributed by atoms with Crippen LogP contribution in [-0.2, 0) is 11.3 Å². The molecule has 0 aliphatic carbocycles. The molecule has 0 fully saturated rings. The number of hydrogen-bond donors (Lipinski definition) is 3. The number of nitrogens with two attached hydrogens (primary N) is 2. The Kier molecular flexibility index (Phi) is 3.27. The average Bonchev–Trinajstić information content (AvgIpc) is 2.56. The van der Waals surface area contributed by atoms with Gasteiger partial charge in [0, 0.05) is 26.2 Å². The molecule has 0 radical (unpaired) electrons. The zero-order valence-corrected chi connectivity index (χ0v) is 8.36. The van der Waals surface area contributed by atoms with Crippen molar-refractivity contribution in [3.05, 3.63) is 11.9 Å². The van der Waals surface area contributed by atoms with Crippen molar-refractivity contribution in [3.63, 3.8) is 0 Å². The largest absolute Gasteiger partial charge is 0.396 e. The van der Waals surface area contributed by atoms with Gasteiger partial charge in [0.1, 0.15) is 0 Å². The molecule has 0 saturated carbocycles. The number of rotatable bonds is 4. The summed E-state index contributed by atoms with van der Waals surface area (Å²) in [5, 5.41) is 6.33. The summed E-state index contributed by atoms with van der Waals surface area (Å²) in [4.78, 5) is 21.8. The molecule has 82 valence electrons. The monoisotopic (exact) mass is 211 g/mol. The molecule has 0 spiro atoms. The molecule has 2 amide bonds. The summed E-state index contributed by atoms with van der Waals surface area (Å²) in [6.45, 7) is 0.358. The molecule has 0 saturated heterocycles. The van der Waals surface area contributed by atoms with Crippen LogP contribution in [0.2, 0.25) is 0 Å². The van der Waals surface area contributed by atoms with Crippen LogP contribution in [0, 0.1) is 0 Å². The Labute approximate surface area is 86.4 Å². The lowest BCUT2D eigenvalue weighted by Gasteiger charge is -1.99. The first-order chi connectivity index (χ1) is 7.04. The lowest BCUT2D eigenvalue weighted by atomic mass is 10.4. The van der Waals surface area contributed by atoms with E-state index in [9.17, 15) is 9.59 Å². The topological polar surface area (TPSA) is 116 Å². The van der Waals surface area contributed by atoms with Gasteiger partial charge >= 0.3 is 0 Å². The smallest absolute Gasteiger partial charge is 0.271 e. The van der Waals surface area contributed by atoms with Gasteiger partial charge in [-0.1, -0.05) is 0 Å². The van der Waals surface area contributed by atoms with Crippen LogP contribution in [0.25, 0.3) is 0 Å². The highest BCUT2D eigenvalue weighted by Gasteiger charge is 2.11. The van der Waals surface area contributed by atoms with E-state index in [0.29, 0.717) is 6.54 Å². The third-order valence-corrected chi connectivity index (χ3v) is 1.87. The van der Waals surface area contributed by atoms with Gasteiger partial charge in [-0.25, -0.2) is 0 Å². The molecule has 0 bridgehead atoms. The van der Waals surface area contributed by atoms with Crippen molar-refractivity contribution in [1.82, 2.24) is 15.1 Å². The van der Waals surface area contributed by atoms with Crippen LogP contribution in [0.15, 0.2) is 6.20 Å². The maximum atomic E-state index is 10.9. The first-order valence-corrected chi connectivity index (χ1v) is 4.38. The second kappa shape index (κ2) is 4.45. The molecule has 1 aromatic heterocycles. The lowest BCUT2D eigenvalue weighted by Crippen LogP contribution is -2.20. The van der Waals surface area contributed by atoms with Crippen molar-refractivity contribution in [3.8, 4) is 0 Å². The minimum atomic E-state index is -0.675. The first kappa shape index (κ1) is 11.0. The van der Waals surface area contributed by atoms with Crippen LogP contribution in [0.3, 0.4) is 0 Å². The van der Waals surface area contributed by atoms with Crippen molar-refractivity contribution in [1.29, 1.82) is 0 Å². The number of aryl methyl sites for hydroxylation is 1. The molecular formula is C8H13N5O2. The zero-order valence-electron chi connectivity index (χ0n) is 8.36. The van der Waals surface area contributed by atoms with E-state index in [1.165, 1.54) is 10.9 Å². The normalized spacial score (nSPS) is 9.93. The van der Waals surface area contributed by atoms with E-state index in [0.717, 1.165) is 0 Å². The van der Waals surface area contributed by atoms with Gasteiger partial charge in [0.05, 0.1) is 5.69 Å². The Bertz CT molecular complexity index is 384. The summed E-state index contributed by atoms with van der Waals surface area (Å²) in [5.41, 5.74) is 10.8. The second-order valence-electron chi connectivity index (χ2n) is 2.98. The van der Waals surface area contributed by atoms with E-state index < -0.39 is 5.91 Å². The third kappa shape index (κ3) is 2.70. The fourth-order valence-electron chi connectivity index (χ4n) is 1.08. The summed E-state index contributed by atoms with van der Waals surface area (Å²) < 4.78 is 1.42. The van der Waals surface area contributed by atoms with Crippen molar-refractivity contribution in [2.24, 2.45) is 5.73 Å². The predicted octanol–water partition coefficient (Wildman–Crippen LogP) is -1.30. The number of hydrogen-bond acceptors (Lipinski definition) is 4. The molecule has 15 heavy (non-hydrogen) atoms. The number of nitrogen functional groups attached to an aromatic ring is 1. The van der Waals surface area contributed by atoms with E-state index in [1.54, 1.807) is 7.05 Å². The third-order valence-electron chi connectivity index (χ3n) is 1.87. The maximum Gasteiger partial charge on any atom is 0.271 e. The van der Waals surface area contributed by atoms with Crippen LogP contribution in [0.1, 0.15) is 16.9 Å². The van der Waals surface area contributed by atoms with Gasteiger partial charge in [-0.15, -0.1) is 0 Å². The van der Waals surface area contributed by atoms with E-state index >= 15 is 0 Å². The van der Waals surface area contributed by atoms with E-state index in [4.69, 9.17) is 11.5 Å². The fraction of sp³-hybridized carbons (Fsp3) is 0.375. The summed E-state index contributed by atoms with van der Waals surface area (Å²) in [6, 6.07) is 0. The Morgan fingerprint density at radius 3 is 2.73 bits per heavy atom. The Morgan fingerprint density at radius 1 is 1.60 bits per heavy atom. The van der Waals surface area contributed by atoms with E-state index in [-0.39, 0.29) is 23.7 Å². The number of primary amides is 1. The highest BCUT2D eigenvalue weighted by molar-refractivity contribution is 5.95. The lowest BCUT2D eigenvalue weighted by molar-refractivity contribution is -0.120. The zero-order chi connectivity index (χ0) is 11.4. The number of carbonyl (C=O) groups is 2. The number of nitrogens with zero attached hydrogens (tertiary/aromatic N) is 2. The molecule has 0 aromatic carbocycles. The van der Waals surface area contributed by atoms with E-state index in [2.05, 4.69) is 10.4 Å². The molecule has 7 nitrogen and oxygen atoms in total. The fourth-order valence-corrected chi connectivity index (χ4v) is 1.08. The van der Waals surface area contributed by atoms with Crippen LogP contribution >= 0.6 is 0 Å². The molecule has 0 unspecified atom stereocenters. The van der Waals surface area contributed by atoms with Gasteiger partial charge in [0.25, 0.3) is 5.91 Å². The SMILES string of the molecule is CNC(=O)CCn1cc(N)c(C(N)=O)n1. The highest BCUT2D eigenvalue weighted by Crippen LogP contribution is 2.08. The van der Waals surface area contributed by atoms with E-state index in [1.807, 2.05) is 0 Å². The van der Waals surface area contributed by atoms with Crippen molar-refractivity contribution in [2.75, 3.05) is 12.8 Å². The minimum Gasteiger partial charge on any atom is -0.396 e. The molecular weight excluding hydrogens is 198 g/mol. The number of aromatic nitrogens is 2. The first-order valence-electron chi connectivity index (χ1n) is 4.38. The number of anilines is 1. The Hall–Kier alpha value is -2.05. The molecule has 5 N–H and O–H groups in total. The molecule has 7 heteroatoms. The summed E-state index contributed by atoms with van der Waals surface area (Å²) >= 11 is 0. The molecule has 1 aromatic rings. The van der Waals surface area contributed by atoms with Crippen LogP contribution in [-0.4, -0.2) is 28.6 Å². The summed E-state index contributed by atoms with van der Waals surface area (Å²) in [6.07, 6.45) is 1.75. The van der Waals surface area contributed by atoms with Gasteiger partial charge in [-0.05, 0) is 0 Å².